The molecular formula is C10H16ClNO3. The predicted octanol–water partition coefficient (Wildman–Crippen LogP) is 0.685. The number of hydrogen-bond donors (Lipinski definition) is 3. The van der Waals surface area contributed by atoms with Crippen LogP contribution in [0.5, 0.6) is 11.5 Å². The molecule has 86 valence electrons. The molecular weight excluding hydrogens is 218 g/mol. The van der Waals surface area contributed by atoms with E-state index >= 15 is 0 Å². The first-order valence-corrected chi connectivity index (χ1v) is 4.40. The van der Waals surface area contributed by atoms with Crippen LogP contribution in [0, 0.1) is 0 Å². The minimum Gasteiger partial charge on any atom is -0.504 e. The Kier molecular flexibility index (Phi) is 6.08. The summed E-state index contributed by atoms with van der Waals surface area (Å²) >= 11 is 0. The summed E-state index contributed by atoms with van der Waals surface area (Å²) in [6, 6.07) is 4.85. The average molecular weight is 234 g/mol. The maximum Gasteiger partial charge on any atom is 0.160 e. The number of aliphatic hydroxyl groups is 1. The van der Waals surface area contributed by atoms with Gasteiger partial charge in [-0.2, -0.15) is 0 Å². The summed E-state index contributed by atoms with van der Waals surface area (Å²) in [5.41, 5.74) is 6.25. The molecule has 0 spiro atoms. The summed E-state index contributed by atoms with van der Waals surface area (Å²) in [7, 11) is 1.49. The second kappa shape index (κ2) is 6.50. The SMILES string of the molecule is COc1cccc(CC(N)CO)c1O.Cl. The Bertz CT molecular complexity index is 307. The van der Waals surface area contributed by atoms with E-state index in [4.69, 9.17) is 15.6 Å². The molecule has 0 saturated heterocycles. The third kappa shape index (κ3) is 3.58. The fourth-order valence-corrected chi connectivity index (χ4v) is 1.24. The lowest BCUT2D eigenvalue weighted by atomic mass is 10.1. The molecule has 0 amide bonds. The molecule has 1 aromatic rings. The van der Waals surface area contributed by atoms with E-state index in [1.165, 1.54) is 7.11 Å². The maximum absolute atomic E-state index is 9.67. The molecule has 4 nitrogen and oxygen atoms in total. The van der Waals surface area contributed by atoms with Gasteiger partial charge >= 0.3 is 0 Å². The highest BCUT2D eigenvalue weighted by atomic mass is 35.5. The van der Waals surface area contributed by atoms with Crippen LogP contribution in [0.1, 0.15) is 5.56 Å². The van der Waals surface area contributed by atoms with Crippen LogP contribution in [-0.4, -0.2) is 30.0 Å². The van der Waals surface area contributed by atoms with Gasteiger partial charge in [0.2, 0.25) is 0 Å². The second-order valence-electron chi connectivity index (χ2n) is 3.11. The number of aliphatic hydroxyl groups excluding tert-OH is 1. The monoisotopic (exact) mass is 233 g/mol. The second-order valence-corrected chi connectivity index (χ2v) is 3.11. The molecule has 0 aliphatic rings. The van der Waals surface area contributed by atoms with Gasteiger partial charge in [0.1, 0.15) is 0 Å². The molecule has 0 aromatic heterocycles. The highest BCUT2D eigenvalue weighted by Gasteiger charge is 2.10. The molecule has 0 aliphatic heterocycles. The Morgan fingerprint density at radius 3 is 2.67 bits per heavy atom. The van der Waals surface area contributed by atoms with Crippen molar-refractivity contribution in [2.24, 2.45) is 5.73 Å². The third-order valence-corrected chi connectivity index (χ3v) is 2.02. The van der Waals surface area contributed by atoms with Gasteiger partial charge in [0.05, 0.1) is 13.7 Å². The number of phenolic OH excluding ortho intramolecular Hbond substituents is 1. The van der Waals surface area contributed by atoms with Crippen LogP contribution in [0.15, 0.2) is 18.2 Å². The molecule has 0 saturated carbocycles. The maximum atomic E-state index is 9.67. The van der Waals surface area contributed by atoms with E-state index in [9.17, 15) is 5.11 Å². The molecule has 0 radical (unpaired) electrons. The van der Waals surface area contributed by atoms with E-state index in [1.54, 1.807) is 18.2 Å². The molecule has 1 rings (SSSR count). The van der Waals surface area contributed by atoms with E-state index in [1.807, 2.05) is 0 Å². The van der Waals surface area contributed by atoms with Gasteiger partial charge in [-0.1, -0.05) is 12.1 Å². The van der Waals surface area contributed by atoms with Crippen molar-refractivity contribution in [3.8, 4) is 11.5 Å². The normalized spacial score (nSPS) is 11.7. The minimum absolute atomic E-state index is 0. The number of rotatable bonds is 4. The van der Waals surface area contributed by atoms with Crippen LogP contribution >= 0.6 is 12.4 Å². The van der Waals surface area contributed by atoms with Gasteiger partial charge in [-0.05, 0) is 18.1 Å². The summed E-state index contributed by atoms with van der Waals surface area (Å²) in [5, 5.41) is 18.4. The Balaban J connectivity index is 0.00000196. The van der Waals surface area contributed by atoms with Crippen LogP contribution < -0.4 is 10.5 Å². The van der Waals surface area contributed by atoms with Crippen LogP contribution in [0.25, 0.3) is 0 Å². The number of nitrogens with two attached hydrogens (primary N) is 1. The first kappa shape index (κ1) is 14.0. The molecule has 0 aliphatic carbocycles. The molecule has 1 atom stereocenters. The molecule has 0 fully saturated rings. The van der Waals surface area contributed by atoms with Gasteiger partial charge in [-0.15, -0.1) is 12.4 Å². The van der Waals surface area contributed by atoms with Gasteiger partial charge in [-0.3, -0.25) is 0 Å². The number of methoxy groups -OCH3 is 1. The minimum atomic E-state index is -0.354. The quantitative estimate of drug-likeness (QED) is 0.715. The lowest BCUT2D eigenvalue weighted by molar-refractivity contribution is 0.264. The number of aromatic hydroxyl groups is 1. The lowest BCUT2D eigenvalue weighted by Gasteiger charge is -2.11. The number of ether oxygens (including phenoxy) is 1. The molecule has 1 aromatic carbocycles. The van der Waals surface area contributed by atoms with E-state index in [-0.39, 0.29) is 30.8 Å². The van der Waals surface area contributed by atoms with Crippen molar-refractivity contribution in [3.63, 3.8) is 0 Å². The predicted molar refractivity (Wildman–Crippen MR) is 60.7 cm³/mol. The zero-order valence-electron chi connectivity index (χ0n) is 8.51. The zero-order valence-corrected chi connectivity index (χ0v) is 9.33. The van der Waals surface area contributed by atoms with Crippen molar-refractivity contribution in [3.05, 3.63) is 23.8 Å². The van der Waals surface area contributed by atoms with Crippen molar-refractivity contribution in [2.75, 3.05) is 13.7 Å². The summed E-state index contributed by atoms with van der Waals surface area (Å²) in [6.45, 7) is -0.101. The topological polar surface area (TPSA) is 75.7 Å². The van der Waals surface area contributed by atoms with Gasteiger partial charge in [0.15, 0.2) is 11.5 Å². The van der Waals surface area contributed by atoms with Gasteiger partial charge in [-0.25, -0.2) is 0 Å². The van der Waals surface area contributed by atoms with Crippen LogP contribution in [-0.2, 0) is 6.42 Å². The van der Waals surface area contributed by atoms with Crippen molar-refractivity contribution >= 4 is 12.4 Å². The molecule has 5 heteroatoms. The highest BCUT2D eigenvalue weighted by molar-refractivity contribution is 5.85. The number of hydrogen-bond acceptors (Lipinski definition) is 4. The number of phenols is 1. The Labute approximate surface area is 95.1 Å². The van der Waals surface area contributed by atoms with Crippen LogP contribution in [0.3, 0.4) is 0 Å². The lowest BCUT2D eigenvalue weighted by Crippen LogP contribution is -2.26. The average Bonchev–Trinajstić information content (AvgIpc) is 2.21. The standard InChI is InChI=1S/C10H15NO3.ClH/c1-14-9-4-2-3-7(10(9)13)5-8(11)6-12;/h2-4,8,12-13H,5-6,11H2,1H3;1H. The first-order chi connectivity index (χ1) is 6.69. The fourth-order valence-electron chi connectivity index (χ4n) is 1.24. The molecule has 0 heterocycles. The number of para-hydroxylation sites is 1. The first-order valence-electron chi connectivity index (χ1n) is 4.40. The van der Waals surface area contributed by atoms with Gasteiger partial charge < -0.3 is 20.7 Å². The Morgan fingerprint density at radius 1 is 1.47 bits per heavy atom. The van der Waals surface area contributed by atoms with Gasteiger partial charge in [0, 0.05) is 6.04 Å². The smallest absolute Gasteiger partial charge is 0.160 e. The molecule has 0 bridgehead atoms. The highest BCUT2D eigenvalue weighted by Crippen LogP contribution is 2.29. The molecule has 4 N–H and O–H groups in total. The fraction of sp³-hybridized carbons (Fsp3) is 0.400. The molecule has 15 heavy (non-hydrogen) atoms. The number of benzene rings is 1. The largest absolute Gasteiger partial charge is 0.504 e. The Hall–Kier alpha value is -0.970. The van der Waals surface area contributed by atoms with E-state index in [0.717, 1.165) is 0 Å². The summed E-state index contributed by atoms with van der Waals surface area (Å²) in [4.78, 5) is 0. The van der Waals surface area contributed by atoms with Crippen molar-refractivity contribution in [1.29, 1.82) is 0 Å². The Morgan fingerprint density at radius 2 is 2.13 bits per heavy atom. The summed E-state index contributed by atoms with van der Waals surface area (Å²) < 4.78 is 4.95. The van der Waals surface area contributed by atoms with E-state index in [0.29, 0.717) is 17.7 Å². The van der Waals surface area contributed by atoms with E-state index in [2.05, 4.69) is 0 Å². The summed E-state index contributed by atoms with van der Waals surface area (Å²) in [5.74, 6) is 0.520. The third-order valence-electron chi connectivity index (χ3n) is 2.02. The van der Waals surface area contributed by atoms with E-state index < -0.39 is 0 Å². The van der Waals surface area contributed by atoms with Crippen LogP contribution in [0.4, 0.5) is 0 Å². The van der Waals surface area contributed by atoms with Gasteiger partial charge in [0.25, 0.3) is 0 Å². The van der Waals surface area contributed by atoms with Crippen molar-refractivity contribution < 1.29 is 14.9 Å². The van der Waals surface area contributed by atoms with Crippen molar-refractivity contribution in [2.45, 2.75) is 12.5 Å². The zero-order chi connectivity index (χ0) is 10.6. The molecule has 1 unspecified atom stereocenters. The van der Waals surface area contributed by atoms with Crippen molar-refractivity contribution in [1.82, 2.24) is 0 Å². The number of halogens is 1. The summed E-state index contributed by atoms with van der Waals surface area (Å²) in [6.07, 6.45) is 0.430. The van der Waals surface area contributed by atoms with Crippen LogP contribution in [0.2, 0.25) is 0 Å².